The van der Waals surface area contributed by atoms with Gasteiger partial charge in [-0.3, -0.25) is 4.21 Å². The van der Waals surface area contributed by atoms with Crippen LogP contribution in [0.5, 0.6) is 0 Å². The zero-order valence-electron chi connectivity index (χ0n) is 8.41. The fourth-order valence-electron chi connectivity index (χ4n) is 0.959. The van der Waals surface area contributed by atoms with Crippen LogP contribution in [0.1, 0.15) is 5.56 Å². The number of anilines is 2. The molecule has 0 aliphatic heterocycles. The van der Waals surface area contributed by atoms with E-state index in [9.17, 15) is 4.21 Å². The van der Waals surface area contributed by atoms with Crippen molar-refractivity contribution in [3.8, 4) is 0 Å². The van der Waals surface area contributed by atoms with Crippen LogP contribution in [-0.4, -0.2) is 27.7 Å². The molecule has 0 radical (unpaired) electrons. The third kappa shape index (κ3) is 3.33. The molecule has 14 heavy (non-hydrogen) atoms. The summed E-state index contributed by atoms with van der Waals surface area (Å²) < 4.78 is 10.8. The maximum absolute atomic E-state index is 10.8. The van der Waals surface area contributed by atoms with Crippen LogP contribution in [0.15, 0.2) is 12.3 Å². The molecule has 0 spiro atoms. The molecular weight excluding hydrogens is 198 g/mol. The van der Waals surface area contributed by atoms with Crippen molar-refractivity contribution < 1.29 is 4.21 Å². The molecule has 0 aliphatic rings. The minimum Gasteiger partial charge on any atom is -0.398 e. The van der Waals surface area contributed by atoms with Gasteiger partial charge in [0, 0.05) is 47.3 Å². The molecule has 1 aromatic rings. The van der Waals surface area contributed by atoms with E-state index in [0.717, 1.165) is 17.1 Å². The van der Waals surface area contributed by atoms with E-state index >= 15 is 0 Å². The number of nitrogen functional groups attached to an aromatic ring is 1. The van der Waals surface area contributed by atoms with Crippen LogP contribution in [0.4, 0.5) is 11.5 Å². The average molecular weight is 213 g/mol. The molecule has 1 rings (SSSR count). The van der Waals surface area contributed by atoms with Gasteiger partial charge in [-0.1, -0.05) is 0 Å². The maximum Gasteiger partial charge on any atom is 0.127 e. The van der Waals surface area contributed by atoms with Gasteiger partial charge in [0.2, 0.25) is 0 Å². The zero-order valence-corrected chi connectivity index (χ0v) is 9.23. The van der Waals surface area contributed by atoms with Gasteiger partial charge in [-0.2, -0.15) is 0 Å². The average Bonchev–Trinajstić information content (AvgIpc) is 2.10. The first-order chi connectivity index (χ1) is 6.59. The lowest BCUT2D eigenvalue weighted by atomic mass is 10.2. The van der Waals surface area contributed by atoms with E-state index in [0.29, 0.717) is 12.3 Å². The highest BCUT2D eigenvalue weighted by molar-refractivity contribution is 7.84. The minimum absolute atomic E-state index is 0.620. The maximum atomic E-state index is 10.8. The molecule has 5 heteroatoms. The highest BCUT2D eigenvalue weighted by atomic mass is 32.2. The molecular formula is C9H15N3OS. The molecule has 0 aromatic carbocycles. The van der Waals surface area contributed by atoms with Gasteiger partial charge in [0.1, 0.15) is 5.82 Å². The van der Waals surface area contributed by atoms with Crippen molar-refractivity contribution in [3.05, 3.63) is 17.8 Å². The number of hydrogen-bond donors (Lipinski definition) is 2. The molecule has 3 N–H and O–H groups in total. The third-order valence-corrected chi connectivity index (χ3v) is 2.62. The summed E-state index contributed by atoms with van der Waals surface area (Å²) >= 11 is 0. The summed E-state index contributed by atoms with van der Waals surface area (Å²) in [7, 11) is -0.770. The lowest BCUT2D eigenvalue weighted by molar-refractivity contribution is 0.687. The number of pyridine rings is 1. The Hall–Kier alpha value is -1.10. The van der Waals surface area contributed by atoms with Gasteiger partial charge in [0.25, 0.3) is 0 Å². The second kappa shape index (κ2) is 4.95. The van der Waals surface area contributed by atoms with Crippen molar-refractivity contribution in [3.63, 3.8) is 0 Å². The van der Waals surface area contributed by atoms with Crippen molar-refractivity contribution >= 4 is 22.3 Å². The molecule has 0 saturated carbocycles. The number of nitrogens with zero attached hydrogens (tertiary/aromatic N) is 1. The molecule has 0 saturated heterocycles. The Morgan fingerprint density at radius 3 is 2.93 bits per heavy atom. The Labute approximate surface area is 86.4 Å². The van der Waals surface area contributed by atoms with E-state index in [1.165, 1.54) is 0 Å². The smallest absolute Gasteiger partial charge is 0.127 e. The highest BCUT2D eigenvalue weighted by Gasteiger charge is 1.98. The Balaban J connectivity index is 2.51. The van der Waals surface area contributed by atoms with E-state index in [1.807, 2.05) is 6.92 Å². The molecule has 4 nitrogen and oxygen atoms in total. The van der Waals surface area contributed by atoms with Gasteiger partial charge in [-0.15, -0.1) is 0 Å². The molecule has 0 bridgehead atoms. The van der Waals surface area contributed by atoms with Crippen molar-refractivity contribution in [1.29, 1.82) is 0 Å². The van der Waals surface area contributed by atoms with E-state index in [1.54, 1.807) is 18.5 Å². The molecule has 0 fully saturated rings. The van der Waals surface area contributed by atoms with Crippen LogP contribution in [0.3, 0.4) is 0 Å². The van der Waals surface area contributed by atoms with Gasteiger partial charge in [0.05, 0.1) is 0 Å². The first-order valence-corrected chi connectivity index (χ1v) is 6.08. The van der Waals surface area contributed by atoms with Crippen LogP contribution in [0.2, 0.25) is 0 Å². The SMILES string of the molecule is Cc1cnc(NCCS(C)=O)cc1N. The second-order valence-corrected chi connectivity index (χ2v) is 4.68. The Bertz CT molecular complexity index is 341. The van der Waals surface area contributed by atoms with Gasteiger partial charge in [0.15, 0.2) is 0 Å². The summed E-state index contributed by atoms with van der Waals surface area (Å²) in [6, 6.07) is 1.79. The van der Waals surface area contributed by atoms with E-state index in [-0.39, 0.29) is 0 Å². The summed E-state index contributed by atoms with van der Waals surface area (Å²) in [5.41, 5.74) is 7.40. The number of rotatable bonds is 4. The van der Waals surface area contributed by atoms with E-state index in [2.05, 4.69) is 10.3 Å². The van der Waals surface area contributed by atoms with Crippen LogP contribution in [0, 0.1) is 6.92 Å². The Morgan fingerprint density at radius 2 is 2.36 bits per heavy atom. The molecule has 1 atom stereocenters. The molecule has 1 unspecified atom stereocenters. The number of nitrogens with two attached hydrogens (primary N) is 1. The second-order valence-electron chi connectivity index (χ2n) is 3.13. The minimum atomic E-state index is -0.770. The van der Waals surface area contributed by atoms with Crippen LogP contribution < -0.4 is 11.1 Å². The highest BCUT2D eigenvalue weighted by Crippen LogP contribution is 2.12. The van der Waals surface area contributed by atoms with Crippen molar-refractivity contribution in [1.82, 2.24) is 4.98 Å². The first-order valence-electron chi connectivity index (χ1n) is 4.35. The van der Waals surface area contributed by atoms with Gasteiger partial charge in [-0.25, -0.2) is 4.98 Å². The third-order valence-electron chi connectivity index (χ3n) is 1.84. The Morgan fingerprint density at radius 1 is 1.64 bits per heavy atom. The standard InChI is InChI=1S/C9H15N3OS/c1-7-6-12-9(5-8(7)10)11-3-4-14(2)13/h5-6H,3-4H2,1-2H3,(H3,10,11,12). The van der Waals surface area contributed by atoms with Crippen LogP contribution in [0.25, 0.3) is 0 Å². The fraction of sp³-hybridized carbons (Fsp3) is 0.444. The fourth-order valence-corrected chi connectivity index (χ4v) is 1.35. The zero-order chi connectivity index (χ0) is 10.6. The van der Waals surface area contributed by atoms with E-state index in [4.69, 9.17) is 5.73 Å². The molecule has 1 aromatic heterocycles. The summed E-state index contributed by atoms with van der Waals surface area (Å²) in [5, 5.41) is 3.06. The molecule has 0 amide bonds. The van der Waals surface area contributed by atoms with Gasteiger partial charge < -0.3 is 11.1 Å². The first kappa shape index (κ1) is 11.0. The van der Waals surface area contributed by atoms with Crippen LogP contribution in [-0.2, 0) is 10.8 Å². The number of aromatic nitrogens is 1. The largest absolute Gasteiger partial charge is 0.398 e. The van der Waals surface area contributed by atoms with Crippen molar-refractivity contribution in [2.24, 2.45) is 0 Å². The molecule has 78 valence electrons. The summed E-state index contributed by atoms with van der Waals surface area (Å²) in [6.45, 7) is 2.56. The number of hydrogen-bond acceptors (Lipinski definition) is 4. The van der Waals surface area contributed by atoms with Crippen molar-refractivity contribution in [2.45, 2.75) is 6.92 Å². The van der Waals surface area contributed by atoms with Gasteiger partial charge >= 0.3 is 0 Å². The predicted octanol–water partition coefficient (Wildman–Crippen LogP) is 0.763. The van der Waals surface area contributed by atoms with Crippen molar-refractivity contribution in [2.75, 3.05) is 29.6 Å². The predicted molar refractivity (Wildman–Crippen MR) is 60.8 cm³/mol. The lowest BCUT2D eigenvalue weighted by Crippen LogP contribution is -2.11. The topological polar surface area (TPSA) is 68.0 Å². The number of nitrogens with one attached hydrogen (secondary N) is 1. The van der Waals surface area contributed by atoms with E-state index < -0.39 is 10.8 Å². The summed E-state index contributed by atoms with van der Waals surface area (Å²) in [4.78, 5) is 4.15. The molecule has 0 aliphatic carbocycles. The lowest BCUT2D eigenvalue weighted by Gasteiger charge is -2.06. The summed E-state index contributed by atoms with van der Waals surface area (Å²) in [6.07, 6.45) is 3.40. The monoisotopic (exact) mass is 213 g/mol. The van der Waals surface area contributed by atoms with Gasteiger partial charge in [-0.05, 0) is 12.5 Å². The normalized spacial score (nSPS) is 12.4. The van der Waals surface area contributed by atoms with Crippen LogP contribution >= 0.6 is 0 Å². The quantitative estimate of drug-likeness (QED) is 0.775. The number of aryl methyl sites for hydroxylation is 1. The summed E-state index contributed by atoms with van der Waals surface area (Å²) in [5.74, 6) is 1.36. The Kier molecular flexibility index (Phi) is 3.88. The molecule has 1 heterocycles.